The number of hydrogen-bond acceptors (Lipinski definition) is 4. The van der Waals surface area contributed by atoms with Gasteiger partial charge in [0.05, 0.1) is 13.0 Å². The van der Waals surface area contributed by atoms with Crippen LogP contribution in [0.15, 0.2) is 60.8 Å². The number of carbonyl (C=O) groups is 3. The summed E-state index contributed by atoms with van der Waals surface area (Å²) in [6.45, 7) is 2.36. The summed E-state index contributed by atoms with van der Waals surface area (Å²) in [7, 11) is 0. The molecule has 0 radical (unpaired) electrons. The molecule has 0 saturated carbocycles. The number of hydrogen-bond donors (Lipinski definition) is 0. The molecule has 29 heavy (non-hydrogen) atoms. The van der Waals surface area contributed by atoms with Crippen LogP contribution in [0.3, 0.4) is 0 Å². The highest BCUT2D eigenvalue weighted by Crippen LogP contribution is 2.24. The van der Waals surface area contributed by atoms with Crippen LogP contribution in [-0.4, -0.2) is 28.7 Å². The van der Waals surface area contributed by atoms with E-state index in [0.29, 0.717) is 11.6 Å². The Morgan fingerprint density at radius 2 is 1.79 bits per heavy atom. The van der Waals surface area contributed by atoms with E-state index in [1.807, 2.05) is 54.7 Å². The van der Waals surface area contributed by atoms with Crippen LogP contribution in [0.5, 0.6) is 0 Å². The van der Waals surface area contributed by atoms with Crippen molar-refractivity contribution in [2.24, 2.45) is 0 Å². The lowest BCUT2D eigenvalue weighted by Gasteiger charge is -2.05. The SMILES string of the molecule is CCOC(=O)C(=O)CC(=O)/C=C/c1cn(Cc2ccc(Cl)cc2)c2ccccc12. The first-order valence-corrected chi connectivity index (χ1v) is 9.59. The molecule has 0 atom stereocenters. The summed E-state index contributed by atoms with van der Waals surface area (Å²) in [6, 6.07) is 15.5. The molecule has 3 aromatic rings. The zero-order valence-corrected chi connectivity index (χ0v) is 16.7. The van der Waals surface area contributed by atoms with Gasteiger partial charge in [-0.1, -0.05) is 41.9 Å². The van der Waals surface area contributed by atoms with Gasteiger partial charge in [-0.05, 0) is 42.8 Å². The Kier molecular flexibility index (Phi) is 6.62. The van der Waals surface area contributed by atoms with E-state index in [1.54, 1.807) is 13.0 Å². The molecule has 3 rings (SSSR count). The van der Waals surface area contributed by atoms with Gasteiger partial charge in [0.2, 0.25) is 5.78 Å². The number of allylic oxidation sites excluding steroid dienone is 1. The molecule has 1 heterocycles. The molecule has 6 heteroatoms. The predicted octanol–water partition coefficient (Wildman–Crippen LogP) is 4.45. The van der Waals surface area contributed by atoms with Gasteiger partial charge in [0.1, 0.15) is 0 Å². The third-order valence-electron chi connectivity index (χ3n) is 4.37. The largest absolute Gasteiger partial charge is 0.460 e. The van der Waals surface area contributed by atoms with Crippen LogP contribution in [0, 0.1) is 0 Å². The van der Waals surface area contributed by atoms with Gasteiger partial charge in [0.25, 0.3) is 0 Å². The van der Waals surface area contributed by atoms with Gasteiger partial charge in [0.15, 0.2) is 5.78 Å². The summed E-state index contributed by atoms with van der Waals surface area (Å²) in [5, 5.41) is 1.67. The van der Waals surface area contributed by atoms with E-state index in [4.69, 9.17) is 11.6 Å². The number of ketones is 2. The van der Waals surface area contributed by atoms with Crippen LogP contribution in [-0.2, 0) is 25.7 Å². The van der Waals surface area contributed by atoms with Crippen molar-refractivity contribution in [1.82, 2.24) is 4.57 Å². The second-order valence-corrected chi connectivity index (χ2v) is 6.91. The molecule has 148 valence electrons. The minimum atomic E-state index is -0.978. The maximum absolute atomic E-state index is 12.1. The zero-order chi connectivity index (χ0) is 20.8. The van der Waals surface area contributed by atoms with Gasteiger partial charge in [-0.25, -0.2) is 4.79 Å². The van der Waals surface area contributed by atoms with Gasteiger partial charge in [-0.2, -0.15) is 0 Å². The number of aromatic nitrogens is 1. The molecule has 0 fully saturated rings. The summed E-state index contributed by atoms with van der Waals surface area (Å²) in [4.78, 5) is 35.1. The Bertz CT molecular complexity index is 1080. The summed E-state index contributed by atoms with van der Waals surface area (Å²) in [6.07, 6.45) is 4.45. The third kappa shape index (κ3) is 5.21. The minimum absolute atomic E-state index is 0.0989. The fourth-order valence-electron chi connectivity index (χ4n) is 3.01. The zero-order valence-electron chi connectivity index (χ0n) is 15.9. The average molecular weight is 410 g/mol. The maximum atomic E-state index is 12.1. The standard InChI is InChI=1S/C23H20ClNO4/c1-2-29-23(28)22(27)13-19(26)12-9-17-15-25(21-6-4-3-5-20(17)21)14-16-7-10-18(24)11-8-16/h3-12,15H,2,13-14H2,1H3/b12-9+. The van der Waals surface area contributed by atoms with Gasteiger partial charge >= 0.3 is 5.97 Å². The Balaban J connectivity index is 1.80. The highest BCUT2D eigenvalue weighted by molar-refractivity contribution is 6.37. The second kappa shape index (κ2) is 9.34. The van der Waals surface area contributed by atoms with Crippen molar-refractivity contribution in [3.8, 4) is 0 Å². The summed E-state index contributed by atoms with van der Waals surface area (Å²) in [5.41, 5.74) is 2.98. The highest BCUT2D eigenvalue weighted by atomic mass is 35.5. The minimum Gasteiger partial charge on any atom is -0.460 e. The molecule has 0 spiro atoms. The molecule has 0 aliphatic rings. The molecule has 2 aromatic carbocycles. The van der Waals surface area contributed by atoms with E-state index < -0.39 is 24.0 Å². The van der Waals surface area contributed by atoms with Crippen LogP contribution < -0.4 is 0 Å². The van der Waals surface area contributed by atoms with Crippen LogP contribution in [0.4, 0.5) is 0 Å². The first-order valence-electron chi connectivity index (χ1n) is 9.21. The van der Waals surface area contributed by atoms with E-state index in [1.165, 1.54) is 6.08 Å². The van der Waals surface area contributed by atoms with E-state index >= 15 is 0 Å². The lowest BCUT2D eigenvalue weighted by Crippen LogP contribution is -2.19. The molecule has 0 aliphatic heterocycles. The Morgan fingerprint density at radius 3 is 2.52 bits per heavy atom. The molecular formula is C23H20ClNO4. The number of rotatable bonds is 8. The fraction of sp³-hybridized carbons (Fsp3) is 0.174. The van der Waals surface area contributed by atoms with Gasteiger partial charge in [0, 0.05) is 34.2 Å². The van der Waals surface area contributed by atoms with E-state index in [-0.39, 0.29) is 6.61 Å². The van der Waals surface area contributed by atoms with Crippen molar-refractivity contribution in [2.45, 2.75) is 19.9 Å². The first-order chi connectivity index (χ1) is 14.0. The molecule has 0 aliphatic carbocycles. The number of halogens is 1. The average Bonchev–Trinajstić information content (AvgIpc) is 3.06. The number of nitrogens with zero attached hydrogens (tertiary/aromatic N) is 1. The third-order valence-corrected chi connectivity index (χ3v) is 4.62. The molecule has 0 saturated heterocycles. The van der Waals surface area contributed by atoms with Crippen molar-refractivity contribution < 1.29 is 19.1 Å². The quantitative estimate of drug-likeness (QED) is 0.238. The molecule has 1 aromatic heterocycles. The molecule has 0 N–H and O–H groups in total. The van der Waals surface area contributed by atoms with Gasteiger partial charge in [-0.15, -0.1) is 0 Å². The Labute approximate surface area is 173 Å². The van der Waals surface area contributed by atoms with E-state index in [2.05, 4.69) is 9.30 Å². The Hall–Kier alpha value is -3.18. The van der Waals surface area contributed by atoms with Crippen molar-refractivity contribution in [2.75, 3.05) is 6.61 Å². The van der Waals surface area contributed by atoms with Crippen molar-refractivity contribution in [3.05, 3.63) is 77.0 Å². The van der Waals surface area contributed by atoms with Crippen molar-refractivity contribution in [1.29, 1.82) is 0 Å². The van der Waals surface area contributed by atoms with Gasteiger partial charge in [-0.3, -0.25) is 9.59 Å². The number of para-hydroxylation sites is 1. The number of ether oxygens (including phenoxy) is 1. The molecule has 0 unspecified atom stereocenters. The molecular weight excluding hydrogens is 390 g/mol. The molecule has 0 bridgehead atoms. The summed E-state index contributed by atoms with van der Waals surface area (Å²) < 4.78 is 6.71. The molecule has 0 amide bonds. The maximum Gasteiger partial charge on any atom is 0.375 e. The molecule has 5 nitrogen and oxygen atoms in total. The number of fused-ring (bicyclic) bond motifs is 1. The van der Waals surface area contributed by atoms with Gasteiger partial charge < -0.3 is 9.30 Å². The lowest BCUT2D eigenvalue weighted by atomic mass is 10.1. The summed E-state index contributed by atoms with van der Waals surface area (Å²) in [5.74, 6) is -2.27. The lowest BCUT2D eigenvalue weighted by molar-refractivity contribution is -0.154. The van der Waals surface area contributed by atoms with Crippen molar-refractivity contribution in [3.63, 3.8) is 0 Å². The van der Waals surface area contributed by atoms with Crippen LogP contribution in [0.2, 0.25) is 5.02 Å². The normalized spacial score (nSPS) is 11.1. The van der Waals surface area contributed by atoms with Crippen LogP contribution >= 0.6 is 11.6 Å². The van der Waals surface area contributed by atoms with Crippen LogP contribution in [0.25, 0.3) is 17.0 Å². The second-order valence-electron chi connectivity index (χ2n) is 6.48. The predicted molar refractivity (Wildman–Crippen MR) is 113 cm³/mol. The smallest absolute Gasteiger partial charge is 0.375 e. The fourth-order valence-corrected chi connectivity index (χ4v) is 3.13. The number of esters is 1. The van der Waals surface area contributed by atoms with E-state index in [0.717, 1.165) is 22.0 Å². The number of Topliss-reactive ketones (excluding diaryl/α,β-unsaturated/α-hetero) is 1. The van der Waals surface area contributed by atoms with Crippen LogP contribution in [0.1, 0.15) is 24.5 Å². The highest BCUT2D eigenvalue weighted by Gasteiger charge is 2.17. The number of carbonyl (C=O) groups excluding carboxylic acids is 3. The first kappa shape index (κ1) is 20.6. The number of benzene rings is 2. The topological polar surface area (TPSA) is 65.4 Å². The summed E-state index contributed by atoms with van der Waals surface area (Å²) >= 11 is 5.96. The van der Waals surface area contributed by atoms with E-state index in [9.17, 15) is 14.4 Å². The monoisotopic (exact) mass is 409 g/mol. The van der Waals surface area contributed by atoms with Crippen molar-refractivity contribution >= 4 is 46.1 Å². The Morgan fingerprint density at radius 1 is 1.07 bits per heavy atom.